The van der Waals surface area contributed by atoms with Gasteiger partial charge in [0.25, 0.3) is 0 Å². The first-order chi connectivity index (χ1) is 8.56. The fraction of sp³-hybridized carbons (Fsp3) is 0.231. The maximum atomic E-state index is 13.2. The summed E-state index contributed by atoms with van der Waals surface area (Å²) in [5.74, 6) is -0.275. The van der Waals surface area contributed by atoms with E-state index >= 15 is 0 Å². The molecule has 96 valence electrons. The summed E-state index contributed by atoms with van der Waals surface area (Å²) in [6, 6.07) is 6.97. The molecule has 5 heteroatoms. The molecule has 0 aliphatic rings. The second kappa shape index (κ2) is 5.59. The predicted molar refractivity (Wildman–Crippen MR) is 77.1 cm³/mol. The third kappa shape index (κ3) is 3.15. The Morgan fingerprint density at radius 1 is 1.39 bits per heavy atom. The fourth-order valence-corrected chi connectivity index (χ4v) is 2.74. The molecule has 1 heterocycles. The number of nitrogens with two attached hydrogens (primary N) is 1. The predicted octanol–water partition coefficient (Wildman–Crippen LogP) is 4.09. The Hall–Kier alpha value is -1.26. The maximum Gasteiger partial charge on any atom is 0.128 e. The average Bonchev–Trinajstić information content (AvgIpc) is 2.71. The molecule has 1 aromatic carbocycles. The molecule has 0 aliphatic carbocycles. The molecule has 2 rings (SSSR count). The van der Waals surface area contributed by atoms with Crippen LogP contribution in [0.5, 0.6) is 0 Å². The van der Waals surface area contributed by atoms with Crippen LogP contribution in [-0.4, -0.2) is 6.54 Å². The second-order valence-electron chi connectivity index (χ2n) is 4.07. The number of halogens is 2. The van der Waals surface area contributed by atoms with E-state index in [4.69, 9.17) is 17.3 Å². The van der Waals surface area contributed by atoms with E-state index in [1.54, 1.807) is 24.3 Å². The zero-order chi connectivity index (χ0) is 13.1. The zero-order valence-corrected chi connectivity index (χ0v) is 11.5. The lowest BCUT2D eigenvalue weighted by Gasteiger charge is -2.10. The Kier molecular flexibility index (Phi) is 4.09. The van der Waals surface area contributed by atoms with Crippen molar-refractivity contribution in [1.29, 1.82) is 0 Å². The minimum absolute atomic E-state index is 0.275. The zero-order valence-electron chi connectivity index (χ0n) is 9.97. The SMILES string of the molecule is Cc1cc(NCCc2ccc(Cl)s2)c(N)cc1F. The number of hydrogen-bond donors (Lipinski definition) is 2. The average molecular weight is 285 g/mol. The lowest BCUT2D eigenvalue weighted by molar-refractivity contribution is 0.619. The van der Waals surface area contributed by atoms with Crippen molar-refractivity contribution in [2.45, 2.75) is 13.3 Å². The van der Waals surface area contributed by atoms with Crippen molar-refractivity contribution in [3.8, 4) is 0 Å². The summed E-state index contributed by atoms with van der Waals surface area (Å²) in [7, 11) is 0. The van der Waals surface area contributed by atoms with E-state index in [0.29, 0.717) is 11.3 Å². The van der Waals surface area contributed by atoms with Crippen LogP contribution in [0.3, 0.4) is 0 Å². The van der Waals surface area contributed by atoms with Crippen molar-refractivity contribution in [2.75, 3.05) is 17.6 Å². The standard InChI is InChI=1S/C13H14ClFN2S/c1-8-6-12(11(16)7-10(8)15)17-5-4-9-2-3-13(14)18-9/h2-3,6-7,17H,4-5,16H2,1H3. The molecule has 0 atom stereocenters. The lowest BCUT2D eigenvalue weighted by atomic mass is 10.2. The van der Waals surface area contributed by atoms with Crippen LogP contribution in [-0.2, 0) is 6.42 Å². The normalized spacial score (nSPS) is 10.6. The topological polar surface area (TPSA) is 38.0 Å². The molecule has 0 spiro atoms. The Morgan fingerprint density at radius 3 is 2.83 bits per heavy atom. The van der Waals surface area contributed by atoms with E-state index in [1.165, 1.54) is 10.9 Å². The first kappa shape index (κ1) is 13.2. The Labute approximate surface area is 115 Å². The van der Waals surface area contributed by atoms with E-state index in [1.807, 2.05) is 12.1 Å². The van der Waals surface area contributed by atoms with E-state index in [2.05, 4.69) is 5.32 Å². The third-order valence-corrected chi connectivity index (χ3v) is 3.94. The quantitative estimate of drug-likeness (QED) is 0.830. The highest BCUT2D eigenvalue weighted by atomic mass is 35.5. The molecule has 0 unspecified atom stereocenters. The molecule has 0 amide bonds. The van der Waals surface area contributed by atoms with Gasteiger partial charge in [-0.05, 0) is 43.2 Å². The van der Waals surface area contributed by atoms with Gasteiger partial charge in [0.05, 0.1) is 15.7 Å². The molecule has 0 bridgehead atoms. The van der Waals surface area contributed by atoms with Crippen LogP contribution in [0, 0.1) is 12.7 Å². The minimum atomic E-state index is -0.275. The van der Waals surface area contributed by atoms with Crippen LogP contribution in [0.25, 0.3) is 0 Å². The molecular formula is C13H14ClFN2S. The van der Waals surface area contributed by atoms with Gasteiger partial charge in [0.15, 0.2) is 0 Å². The van der Waals surface area contributed by atoms with E-state index in [-0.39, 0.29) is 5.82 Å². The Morgan fingerprint density at radius 2 is 2.17 bits per heavy atom. The van der Waals surface area contributed by atoms with Gasteiger partial charge in [-0.2, -0.15) is 0 Å². The van der Waals surface area contributed by atoms with Crippen molar-refractivity contribution >= 4 is 34.3 Å². The molecular weight excluding hydrogens is 271 g/mol. The van der Waals surface area contributed by atoms with E-state index < -0.39 is 0 Å². The molecule has 2 aromatic rings. The molecule has 3 N–H and O–H groups in total. The highest BCUT2D eigenvalue weighted by Gasteiger charge is 2.04. The Balaban J connectivity index is 1.96. The first-order valence-electron chi connectivity index (χ1n) is 5.60. The summed E-state index contributed by atoms with van der Waals surface area (Å²) >= 11 is 7.42. The van der Waals surface area contributed by atoms with E-state index in [9.17, 15) is 4.39 Å². The van der Waals surface area contributed by atoms with Crippen molar-refractivity contribution in [3.63, 3.8) is 0 Å². The van der Waals surface area contributed by atoms with Crippen molar-refractivity contribution in [3.05, 3.63) is 44.9 Å². The molecule has 0 aliphatic heterocycles. The van der Waals surface area contributed by atoms with Gasteiger partial charge in [-0.3, -0.25) is 0 Å². The molecule has 0 saturated heterocycles. The van der Waals surface area contributed by atoms with Crippen LogP contribution in [0.4, 0.5) is 15.8 Å². The highest BCUT2D eigenvalue weighted by Crippen LogP contribution is 2.24. The number of nitrogen functional groups attached to an aromatic ring is 1. The van der Waals surface area contributed by atoms with E-state index in [0.717, 1.165) is 23.0 Å². The van der Waals surface area contributed by atoms with Crippen molar-refractivity contribution in [2.24, 2.45) is 0 Å². The van der Waals surface area contributed by atoms with Gasteiger partial charge in [-0.25, -0.2) is 4.39 Å². The van der Waals surface area contributed by atoms with Crippen LogP contribution in [0.15, 0.2) is 24.3 Å². The summed E-state index contributed by atoms with van der Waals surface area (Å²) in [6.45, 7) is 2.46. The number of benzene rings is 1. The lowest BCUT2D eigenvalue weighted by Crippen LogP contribution is -2.07. The number of hydrogen-bond acceptors (Lipinski definition) is 3. The molecule has 0 saturated carbocycles. The molecule has 0 fully saturated rings. The third-order valence-electron chi connectivity index (χ3n) is 2.65. The number of anilines is 2. The van der Waals surface area contributed by atoms with Gasteiger partial charge in [0.2, 0.25) is 0 Å². The summed E-state index contributed by atoms with van der Waals surface area (Å²) in [5.41, 5.74) is 7.55. The number of nitrogens with one attached hydrogen (secondary N) is 1. The number of aryl methyl sites for hydroxylation is 1. The summed E-state index contributed by atoms with van der Waals surface area (Å²) in [5, 5.41) is 3.21. The van der Waals surface area contributed by atoms with Gasteiger partial charge in [-0.15, -0.1) is 11.3 Å². The first-order valence-corrected chi connectivity index (χ1v) is 6.79. The van der Waals surface area contributed by atoms with Gasteiger partial charge in [-0.1, -0.05) is 11.6 Å². The van der Waals surface area contributed by atoms with Crippen LogP contribution in [0.2, 0.25) is 4.34 Å². The summed E-state index contributed by atoms with van der Waals surface area (Å²) in [4.78, 5) is 1.21. The minimum Gasteiger partial charge on any atom is -0.397 e. The monoisotopic (exact) mass is 284 g/mol. The van der Waals surface area contributed by atoms with Crippen LogP contribution in [0.1, 0.15) is 10.4 Å². The maximum absolute atomic E-state index is 13.2. The summed E-state index contributed by atoms with van der Waals surface area (Å²) < 4.78 is 14.0. The van der Waals surface area contributed by atoms with Gasteiger partial charge in [0.1, 0.15) is 5.82 Å². The molecule has 2 nitrogen and oxygen atoms in total. The fourth-order valence-electron chi connectivity index (χ4n) is 1.66. The smallest absolute Gasteiger partial charge is 0.128 e. The van der Waals surface area contributed by atoms with Gasteiger partial charge >= 0.3 is 0 Å². The number of thiophene rings is 1. The summed E-state index contributed by atoms with van der Waals surface area (Å²) in [6.07, 6.45) is 0.868. The molecule has 1 aromatic heterocycles. The van der Waals surface area contributed by atoms with Crippen LogP contribution < -0.4 is 11.1 Å². The highest BCUT2D eigenvalue weighted by molar-refractivity contribution is 7.16. The van der Waals surface area contributed by atoms with Crippen LogP contribution >= 0.6 is 22.9 Å². The van der Waals surface area contributed by atoms with Crippen molar-refractivity contribution < 1.29 is 4.39 Å². The van der Waals surface area contributed by atoms with Gasteiger partial charge in [0, 0.05) is 11.4 Å². The van der Waals surface area contributed by atoms with Gasteiger partial charge < -0.3 is 11.1 Å². The second-order valence-corrected chi connectivity index (χ2v) is 5.87. The molecule has 18 heavy (non-hydrogen) atoms. The largest absolute Gasteiger partial charge is 0.397 e. The Bertz CT molecular complexity index is 554. The van der Waals surface area contributed by atoms with Crippen molar-refractivity contribution in [1.82, 2.24) is 0 Å². The molecule has 0 radical (unpaired) electrons. The number of rotatable bonds is 4.